The van der Waals surface area contributed by atoms with Crippen molar-refractivity contribution in [1.82, 2.24) is 30.0 Å². The lowest BCUT2D eigenvalue weighted by Crippen LogP contribution is -2.47. The average molecular weight is 365 g/mol. The standard InChI is InChI=1S/C18H19N7O2/c1-24-15-10-19-11-25(15)8-7-13(18(24)27)20-17(26)16-21-14(22-23-16)9-12-5-3-2-4-6-12/h2-6,10-11,13H,7-9H2,1H3,(H,20,26)(H,21,22,23). The van der Waals surface area contributed by atoms with Crippen molar-refractivity contribution in [3.05, 3.63) is 60.1 Å². The summed E-state index contributed by atoms with van der Waals surface area (Å²) in [5.41, 5.74) is 1.07. The van der Waals surface area contributed by atoms with Crippen LogP contribution in [-0.4, -0.2) is 49.6 Å². The summed E-state index contributed by atoms with van der Waals surface area (Å²) in [6.07, 6.45) is 4.33. The van der Waals surface area contributed by atoms with Gasteiger partial charge >= 0.3 is 0 Å². The Hall–Kier alpha value is -3.49. The normalized spacial score (nSPS) is 16.7. The summed E-state index contributed by atoms with van der Waals surface area (Å²) in [7, 11) is 1.67. The number of anilines is 1. The van der Waals surface area contributed by atoms with Gasteiger partial charge in [-0.25, -0.2) is 9.97 Å². The number of H-pyrrole nitrogens is 1. The number of likely N-dealkylation sites (N-methyl/N-ethyl adjacent to an activating group) is 1. The van der Waals surface area contributed by atoms with Gasteiger partial charge in [-0.15, -0.1) is 5.10 Å². The Morgan fingerprint density at radius 2 is 2.15 bits per heavy atom. The van der Waals surface area contributed by atoms with Crippen LogP contribution in [0.25, 0.3) is 0 Å². The first-order valence-corrected chi connectivity index (χ1v) is 8.65. The van der Waals surface area contributed by atoms with Crippen molar-refractivity contribution in [2.24, 2.45) is 0 Å². The van der Waals surface area contributed by atoms with E-state index in [1.165, 1.54) is 4.90 Å². The molecule has 0 radical (unpaired) electrons. The number of fused-ring (bicyclic) bond motifs is 1. The molecule has 2 aromatic heterocycles. The molecule has 27 heavy (non-hydrogen) atoms. The van der Waals surface area contributed by atoms with E-state index in [2.05, 4.69) is 25.5 Å². The van der Waals surface area contributed by atoms with E-state index in [-0.39, 0.29) is 11.7 Å². The molecule has 0 bridgehead atoms. The van der Waals surface area contributed by atoms with E-state index in [0.717, 1.165) is 5.56 Å². The van der Waals surface area contributed by atoms with Gasteiger partial charge in [0.1, 0.15) is 17.7 Å². The number of hydrogen-bond acceptors (Lipinski definition) is 5. The molecule has 1 atom stereocenters. The van der Waals surface area contributed by atoms with Gasteiger partial charge in [-0.05, 0) is 12.0 Å². The van der Waals surface area contributed by atoms with E-state index in [4.69, 9.17) is 0 Å². The van der Waals surface area contributed by atoms with Crippen LogP contribution in [0.2, 0.25) is 0 Å². The first-order valence-electron chi connectivity index (χ1n) is 8.65. The molecule has 1 unspecified atom stereocenters. The smallest absolute Gasteiger partial charge is 0.291 e. The molecule has 9 heteroatoms. The molecule has 0 spiro atoms. The van der Waals surface area contributed by atoms with Gasteiger partial charge in [0, 0.05) is 20.0 Å². The third-order valence-corrected chi connectivity index (χ3v) is 4.58. The molecule has 0 saturated carbocycles. The van der Waals surface area contributed by atoms with E-state index in [0.29, 0.717) is 31.0 Å². The first kappa shape index (κ1) is 17.0. The Morgan fingerprint density at radius 3 is 2.96 bits per heavy atom. The lowest BCUT2D eigenvalue weighted by atomic mass is 10.1. The van der Waals surface area contributed by atoms with Crippen LogP contribution in [0.5, 0.6) is 0 Å². The topological polar surface area (TPSA) is 109 Å². The molecule has 1 aliphatic rings. The van der Waals surface area contributed by atoms with Crippen molar-refractivity contribution in [3.63, 3.8) is 0 Å². The average Bonchev–Trinajstić information content (AvgIpc) is 3.32. The van der Waals surface area contributed by atoms with Crippen molar-refractivity contribution in [2.75, 3.05) is 11.9 Å². The number of amides is 2. The second-order valence-electron chi connectivity index (χ2n) is 6.43. The van der Waals surface area contributed by atoms with Crippen LogP contribution in [0.15, 0.2) is 42.9 Å². The predicted octanol–water partition coefficient (Wildman–Crippen LogP) is 0.757. The lowest BCUT2D eigenvalue weighted by Gasteiger charge is -2.19. The van der Waals surface area contributed by atoms with E-state index in [9.17, 15) is 9.59 Å². The van der Waals surface area contributed by atoms with Gasteiger partial charge < -0.3 is 9.88 Å². The molecule has 0 saturated heterocycles. The minimum Gasteiger partial charge on any atom is -0.337 e. The van der Waals surface area contributed by atoms with Gasteiger partial charge in [-0.2, -0.15) is 0 Å². The number of hydrogen-bond donors (Lipinski definition) is 2. The van der Waals surface area contributed by atoms with Gasteiger partial charge in [-0.1, -0.05) is 30.3 Å². The van der Waals surface area contributed by atoms with Crippen molar-refractivity contribution >= 4 is 17.6 Å². The maximum Gasteiger partial charge on any atom is 0.291 e. The molecule has 0 fully saturated rings. The number of aromatic amines is 1. The maximum absolute atomic E-state index is 12.6. The maximum atomic E-state index is 12.6. The highest BCUT2D eigenvalue weighted by Gasteiger charge is 2.30. The van der Waals surface area contributed by atoms with Crippen LogP contribution in [0.1, 0.15) is 28.4 Å². The van der Waals surface area contributed by atoms with Crippen molar-refractivity contribution in [1.29, 1.82) is 0 Å². The Morgan fingerprint density at radius 1 is 1.33 bits per heavy atom. The minimum absolute atomic E-state index is 0.0295. The van der Waals surface area contributed by atoms with Crippen LogP contribution in [0.3, 0.4) is 0 Å². The number of nitrogens with zero attached hydrogens (tertiary/aromatic N) is 5. The predicted molar refractivity (Wildman–Crippen MR) is 97.1 cm³/mol. The first-order chi connectivity index (χ1) is 13.1. The largest absolute Gasteiger partial charge is 0.337 e. The number of carbonyl (C=O) groups excluding carboxylic acids is 2. The summed E-state index contributed by atoms with van der Waals surface area (Å²) in [5.74, 6) is 0.670. The summed E-state index contributed by atoms with van der Waals surface area (Å²) >= 11 is 0. The number of aromatic nitrogens is 5. The number of carbonyl (C=O) groups is 2. The fourth-order valence-electron chi connectivity index (χ4n) is 3.13. The van der Waals surface area contributed by atoms with Crippen LogP contribution < -0.4 is 10.2 Å². The monoisotopic (exact) mass is 365 g/mol. The van der Waals surface area contributed by atoms with Crippen molar-refractivity contribution in [3.8, 4) is 0 Å². The van der Waals surface area contributed by atoms with Crippen LogP contribution in [0, 0.1) is 0 Å². The second-order valence-corrected chi connectivity index (χ2v) is 6.43. The zero-order chi connectivity index (χ0) is 18.8. The van der Waals surface area contributed by atoms with Crippen molar-refractivity contribution < 1.29 is 9.59 Å². The van der Waals surface area contributed by atoms with E-state index < -0.39 is 11.9 Å². The van der Waals surface area contributed by atoms with Crippen LogP contribution >= 0.6 is 0 Å². The van der Waals surface area contributed by atoms with Crippen LogP contribution in [-0.2, 0) is 17.8 Å². The van der Waals surface area contributed by atoms with Gasteiger partial charge in [-0.3, -0.25) is 19.6 Å². The summed E-state index contributed by atoms with van der Waals surface area (Å²) in [6, 6.07) is 9.14. The van der Waals surface area contributed by atoms with Gasteiger partial charge in [0.05, 0.1) is 12.5 Å². The Balaban J connectivity index is 1.43. The third-order valence-electron chi connectivity index (χ3n) is 4.58. The summed E-state index contributed by atoms with van der Waals surface area (Å²) in [6.45, 7) is 0.587. The lowest BCUT2D eigenvalue weighted by molar-refractivity contribution is -0.120. The van der Waals surface area contributed by atoms with Gasteiger partial charge in [0.2, 0.25) is 5.82 Å². The molecule has 9 nitrogen and oxygen atoms in total. The fourth-order valence-corrected chi connectivity index (χ4v) is 3.13. The summed E-state index contributed by atoms with van der Waals surface area (Å²) < 4.78 is 1.88. The molecule has 1 aliphatic heterocycles. The minimum atomic E-state index is -0.640. The van der Waals surface area contributed by atoms with E-state index in [1.54, 1.807) is 19.6 Å². The Bertz CT molecular complexity index is 963. The molecule has 3 aromatic rings. The van der Waals surface area contributed by atoms with Crippen LogP contribution in [0.4, 0.5) is 5.82 Å². The zero-order valence-electron chi connectivity index (χ0n) is 14.8. The molecule has 3 heterocycles. The molecule has 138 valence electrons. The molecule has 4 rings (SSSR count). The molecular formula is C18H19N7O2. The second kappa shape index (κ2) is 7.02. The van der Waals surface area contributed by atoms with Gasteiger partial charge in [0.25, 0.3) is 11.8 Å². The number of aryl methyl sites for hydroxylation is 1. The summed E-state index contributed by atoms with van der Waals surface area (Å²) in [4.78, 5) is 35.0. The fraction of sp³-hybridized carbons (Fsp3) is 0.278. The molecule has 0 aliphatic carbocycles. The quantitative estimate of drug-likeness (QED) is 0.709. The third kappa shape index (κ3) is 3.43. The highest BCUT2D eigenvalue weighted by atomic mass is 16.2. The molecule has 2 amide bonds. The van der Waals surface area contributed by atoms with E-state index >= 15 is 0 Å². The van der Waals surface area contributed by atoms with Crippen molar-refractivity contribution in [2.45, 2.75) is 25.4 Å². The Kier molecular flexibility index (Phi) is 4.41. The SMILES string of the molecule is CN1C(=O)C(NC(=O)c2n[nH]c(Cc3ccccc3)n2)CCn2cncc21. The summed E-state index contributed by atoms with van der Waals surface area (Å²) in [5, 5.41) is 9.52. The number of benzene rings is 1. The molecular weight excluding hydrogens is 346 g/mol. The Labute approximate surface area is 155 Å². The van der Waals surface area contributed by atoms with E-state index in [1.807, 2.05) is 34.9 Å². The highest BCUT2D eigenvalue weighted by Crippen LogP contribution is 2.19. The van der Waals surface area contributed by atoms with Gasteiger partial charge in [0.15, 0.2) is 0 Å². The number of imidazole rings is 1. The number of nitrogens with one attached hydrogen (secondary N) is 2. The zero-order valence-corrected chi connectivity index (χ0v) is 14.8. The molecule has 1 aromatic carbocycles. The molecule has 2 N–H and O–H groups in total. The highest BCUT2D eigenvalue weighted by molar-refractivity contribution is 6.00. The number of rotatable bonds is 4.